The molecule has 0 bridgehead atoms. The van der Waals surface area contributed by atoms with Gasteiger partial charge in [-0.1, -0.05) is 0 Å². The SMILES string of the molecule is CN(Cc1ccncc1)c1ccc(N)nn1. The van der Waals surface area contributed by atoms with Crippen LogP contribution < -0.4 is 10.6 Å². The number of hydrogen-bond acceptors (Lipinski definition) is 5. The number of rotatable bonds is 3. The summed E-state index contributed by atoms with van der Waals surface area (Å²) in [6.07, 6.45) is 3.55. The molecule has 0 aromatic carbocycles. The number of aromatic nitrogens is 3. The Morgan fingerprint density at radius 1 is 1.12 bits per heavy atom. The summed E-state index contributed by atoms with van der Waals surface area (Å²) in [5, 5.41) is 7.83. The van der Waals surface area contributed by atoms with Gasteiger partial charge in [-0.2, -0.15) is 0 Å². The third-order valence-corrected chi connectivity index (χ3v) is 2.23. The second-order valence-electron chi connectivity index (χ2n) is 3.53. The summed E-state index contributed by atoms with van der Waals surface area (Å²) in [6.45, 7) is 0.765. The Bertz CT molecular complexity index is 440. The van der Waals surface area contributed by atoms with Crippen molar-refractivity contribution < 1.29 is 0 Å². The Morgan fingerprint density at radius 2 is 1.88 bits per heavy atom. The van der Waals surface area contributed by atoms with Crippen LogP contribution in [0.4, 0.5) is 11.6 Å². The Kier molecular flexibility index (Phi) is 2.95. The molecule has 5 heteroatoms. The van der Waals surface area contributed by atoms with E-state index in [1.807, 2.05) is 30.1 Å². The molecule has 0 aliphatic rings. The fourth-order valence-corrected chi connectivity index (χ4v) is 1.38. The molecule has 0 aliphatic heterocycles. The first-order valence-corrected chi connectivity index (χ1v) is 4.95. The van der Waals surface area contributed by atoms with E-state index < -0.39 is 0 Å². The lowest BCUT2D eigenvalue weighted by Gasteiger charge is -2.17. The van der Waals surface area contributed by atoms with Gasteiger partial charge in [-0.15, -0.1) is 10.2 Å². The highest BCUT2D eigenvalue weighted by molar-refractivity contribution is 5.41. The Labute approximate surface area is 93.9 Å². The molecular formula is C11H13N5. The van der Waals surface area contributed by atoms with Gasteiger partial charge in [0.1, 0.15) is 5.82 Å². The summed E-state index contributed by atoms with van der Waals surface area (Å²) in [4.78, 5) is 5.98. The monoisotopic (exact) mass is 215 g/mol. The minimum absolute atomic E-state index is 0.432. The van der Waals surface area contributed by atoms with Crippen molar-refractivity contribution in [2.24, 2.45) is 0 Å². The Hall–Kier alpha value is -2.17. The van der Waals surface area contributed by atoms with Gasteiger partial charge in [0.05, 0.1) is 0 Å². The topological polar surface area (TPSA) is 67.9 Å². The van der Waals surface area contributed by atoms with Gasteiger partial charge in [-0.25, -0.2) is 0 Å². The van der Waals surface area contributed by atoms with E-state index in [-0.39, 0.29) is 0 Å². The lowest BCUT2D eigenvalue weighted by molar-refractivity contribution is 0.867. The zero-order valence-corrected chi connectivity index (χ0v) is 9.04. The molecule has 0 radical (unpaired) electrons. The number of anilines is 2. The summed E-state index contributed by atoms with van der Waals surface area (Å²) < 4.78 is 0. The van der Waals surface area contributed by atoms with Crippen molar-refractivity contribution in [2.75, 3.05) is 17.7 Å². The van der Waals surface area contributed by atoms with Crippen LogP contribution in [0.3, 0.4) is 0 Å². The lowest BCUT2D eigenvalue weighted by atomic mass is 10.2. The number of pyridine rings is 1. The normalized spacial score (nSPS) is 10.1. The number of nitrogen functional groups attached to an aromatic ring is 1. The average Bonchev–Trinajstić information content (AvgIpc) is 2.31. The van der Waals surface area contributed by atoms with Gasteiger partial charge < -0.3 is 10.6 Å². The highest BCUT2D eigenvalue weighted by Crippen LogP contribution is 2.11. The van der Waals surface area contributed by atoms with E-state index in [4.69, 9.17) is 5.73 Å². The summed E-state index contributed by atoms with van der Waals surface area (Å²) >= 11 is 0. The quantitative estimate of drug-likeness (QED) is 0.830. The predicted octanol–water partition coefficient (Wildman–Crippen LogP) is 1.09. The molecule has 82 valence electrons. The lowest BCUT2D eigenvalue weighted by Crippen LogP contribution is -2.18. The number of nitrogens with two attached hydrogens (primary N) is 1. The molecule has 0 aliphatic carbocycles. The first-order valence-electron chi connectivity index (χ1n) is 4.95. The van der Waals surface area contributed by atoms with Crippen molar-refractivity contribution in [3.63, 3.8) is 0 Å². The summed E-state index contributed by atoms with van der Waals surface area (Å²) in [5.74, 6) is 1.23. The van der Waals surface area contributed by atoms with Crippen molar-refractivity contribution in [1.29, 1.82) is 0 Å². The number of nitrogens with zero attached hydrogens (tertiary/aromatic N) is 4. The number of hydrogen-bond donors (Lipinski definition) is 1. The third kappa shape index (κ3) is 2.44. The minimum atomic E-state index is 0.432. The van der Waals surface area contributed by atoms with Crippen molar-refractivity contribution in [1.82, 2.24) is 15.2 Å². The van der Waals surface area contributed by atoms with Gasteiger partial charge in [-0.05, 0) is 29.8 Å². The third-order valence-electron chi connectivity index (χ3n) is 2.23. The van der Waals surface area contributed by atoms with Crippen LogP contribution in [0.1, 0.15) is 5.56 Å². The first-order chi connectivity index (χ1) is 7.75. The van der Waals surface area contributed by atoms with E-state index in [0.29, 0.717) is 5.82 Å². The summed E-state index contributed by atoms with van der Waals surface area (Å²) in [6, 6.07) is 7.54. The molecule has 2 rings (SSSR count). The van der Waals surface area contributed by atoms with Gasteiger partial charge in [0.2, 0.25) is 0 Å². The molecule has 16 heavy (non-hydrogen) atoms. The van der Waals surface area contributed by atoms with Crippen LogP contribution in [0.5, 0.6) is 0 Å². The van der Waals surface area contributed by atoms with E-state index in [0.717, 1.165) is 12.4 Å². The molecule has 0 spiro atoms. The van der Waals surface area contributed by atoms with Crippen molar-refractivity contribution in [3.05, 3.63) is 42.2 Å². The van der Waals surface area contributed by atoms with Crippen LogP contribution in [-0.2, 0) is 6.54 Å². The highest BCUT2D eigenvalue weighted by atomic mass is 15.3. The van der Waals surface area contributed by atoms with Gasteiger partial charge in [0.25, 0.3) is 0 Å². The van der Waals surface area contributed by atoms with E-state index >= 15 is 0 Å². The molecule has 2 aromatic rings. The van der Waals surface area contributed by atoms with Crippen LogP contribution >= 0.6 is 0 Å². The molecule has 0 unspecified atom stereocenters. The molecule has 2 aromatic heterocycles. The van der Waals surface area contributed by atoms with Gasteiger partial charge in [-0.3, -0.25) is 4.98 Å². The van der Waals surface area contributed by atoms with E-state index in [1.165, 1.54) is 5.56 Å². The highest BCUT2D eigenvalue weighted by Gasteiger charge is 2.03. The maximum absolute atomic E-state index is 5.48. The van der Waals surface area contributed by atoms with Gasteiger partial charge >= 0.3 is 0 Å². The molecule has 0 atom stereocenters. The zero-order chi connectivity index (χ0) is 11.4. The molecule has 0 amide bonds. The van der Waals surface area contributed by atoms with Crippen LogP contribution in [0.2, 0.25) is 0 Å². The minimum Gasteiger partial charge on any atom is -0.382 e. The summed E-state index contributed by atoms with van der Waals surface area (Å²) in [5.41, 5.74) is 6.66. The van der Waals surface area contributed by atoms with Crippen LogP contribution in [0.15, 0.2) is 36.7 Å². The fraction of sp³-hybridized carbons (Fsp3) is 0.182. The Balaban J connectivity index is 2.09. The zero-order valence-electron chi connectivity index (χ0n) is 9.04. The fourth-order valence-electron chi connectivity index (χ4n) is 1.38. The maximum atomic E-state index is 5.48. The molecule has 2 N–H and O–H groups in total. The molecule has 0 saturated heterocycles. The molecule has 5 nitrogen and oxygen atoms in total. The molecule has 0 fully saturated rings. The maximum Gasteiger partial charge on any atom is 0.151 e. The molecule has 0 saturated carbocycles. The predicted molar refractivity (Wildman–Crippen MR) is 62.8 cm³/mol. The standard InChI is InChI=1S/C11H13N5/c1-16(8-9-4-6-13-7-5-9)11-3-2-10(12)14-15-11/h2-7H,8H2,1H3,(H2,12,14). The van der Waals surface area contributed by atoms with Crippen molar-refractivity contribution >= 4 is 11.6 Å². The van der Waals surface area contributed by atoms with Gasteiger partial charge in [0.15, 0.2) is 5.82 Å². The van der Waals surface area contributed by atoms with E-state index in [1.54, 1.807) is 18.5 Å². The smallest absolute Gasteiger partial charge is 0.151 e. The molecular weight excluding hydrogens is 202 g/mol. The van der Waals surface area contributed by atoms with Crippen molar-refractivity contribution in [3.8, 4) is 0 Å². The van der Waals surface area contributed by atoms with Gasteiger partial charge in [0, 0.05) is 26.0 Å². The van der Waals surface area contributed by atoms with Crippen LogP contribution in [0, 0.1) is 0 Å². The average molecular weight is 215 g/mol. The first kappa shape index (κ1) is 10.4. The van der Waals surface area contributed by atoms with E-state index in [9.17, 15) is 0 Å². The summed E-state index contributed by atoms with van der Waals surface area (Å²) in [7, 11) is 1.96. The second-order valence-corrected chi connectivity index (χ2v) is 3.53. The Morgan fingerprint density at radius 3 is 2.50 bits per heavy atom. The second kappa shape index (κ2) is 4.57. The van der Waals surface area contributed by atoms with E-state index in [2.05, 4.69) is 15.2 Å². The van der Waals surface area contributed by atoms with Crippen molar-refractivity contribution in [2.45, 2.75) is 6.54 Å². The largest absolute Gasteiger partial charge is 0.382 e. The van der Waals surface area contributed by atoms with Crippen LogP contribution in [-0.4, -0.2) is 22.2 Å². The van der Waals surface area contributed by atoms with Crippen LogP contribution in [0.25, 0.3) is 0 Å². The molecule has 2 heterocycles.